The number of carbonyl (C=O) groups excluding carboxylic acids is 2. The van der Waals surface area contributed by atoms with Crippen LogP contribution in [0.5, 0.6) is 0 Å². The van der Waals surface area contributed by atoms with Crippen LogP contribution < -0.4 is 0 Å². The fourth-order valence-corrected chi connectivity index (χ4v) is 0.181. The molecule has 52 valence electrons. The summed E-state index contributed by atoms with van der Waals surface area (Å²) < 4.78 is 15.0. The molecule has 0 fully saturated rings. The number of esters is 2. The van der Waals surface area contributed by atoms with Gasteiger partial charge in [-0.3, -0.25) is 0 Å². The van der Waals surface area contributed by atoms with Crippen molar-refractivity contribution in [2.24, 2.45) is 0 Å². The van der Waals surface area contributed by atoms with Crippen molar-refractivity contribution >= 4 is 11.9 Å². The molecule has 0 amide bonds. The quantitative estimate of drug-likeness (QED) is 0.275. The Bertz CT molecular complexity index is 146. The van der Waals surface area contributed by atoms with E-state index in [-0.39, 0.29) is 19.5 Å². The SMILES string of the molecule is C=CC(=O)OC(=O)CF.[Zn]. The van der Waals surface area contributed by atoms with Crippen LogP contribution in [-0.4, -0.2) is 18.6 Å². The molecule has 0 aromatic heterocycles. The third-order valence-electron chi connectivity index (χ3n) is 0.490. The maximum absolute atomic E-state index is 11.2. The predicted octanol–water partition coefficient (Wildman–Crippen LogP) is 0.209. The summed E-state index contributed by atoms with van der Waals surface area (Å²) in [6.07, 6.45) is 0.785. The van der Waals surface area contributed by atoms with E-state index < -0.39 is 18.6 Å². The van der Waals surface area contributed by atoms with E-state index in [2.05, 4.69) is 11.3 Å². The van der Waals surface area contributed by atoms with Gasteiger partial charge in [0.15, 0.2) is 6.67 Å². The molecule has 0 saturated carbocycles. The first-order valence-electron chi connectivity index (χ1n) is 2.13. The Morgan fingerprint density at radius 3 is 2.40 bits per heavy atom. The maximum Gasteiger partial charge on any atom is 0.345 e. The zero-order chi connectivity index (χ0) is 7.28. The first-order valence-corrected chi connectivity index (χ1v) is 2.13. The molecule has 0 N–H and O–H groups in total. The second-order valence-corrected chi connectivity index (χ2v) is 1.13. The fraction of sp³-hybridized carbons (Fsp3) is 0.200. The minimum absolute atomic E-state index is 0. The number of rotatable bonds is 2. The van der Waals surface area contributed by atoms with Gasteiger partial charge < -0.3 is 4.74 Å². The Hall–Kier alpha value is -0.567. The smallest absolute Gasteiger partial charge is 0.345 e. The van der Waals surface area contributed by atoms with Crippen LogP contribution in [-0.2, 0) is 33.8 Å². The number of hydrogen-bond acceptors (Lipinski definition) is 3. The van der Waals surface area contributed by atoms with E-state index in [4.69, 9.17) is 0 Å². The topological polar surface area (TPSA) is 43.4 Å². The summed E-state index contributed by atoms with van der Waals surface area (Å²) in [5.41, 5.74) is 0. The third kappa shape index (κ3) is 5.57. The molecular formula is C5H5FO3Zn. The van der Waals surface area contributed by atoms with Crippen LogP contribution in [0.25, 0.3) is 0 Å². The Labute approximate surface area is 70.0 Å². The molecule has 0 atom stereocenters. The zero-order valence-electron chi connectivity index (χ0n) is 5.30. The number of carbonyl (C=O) groups is 2. The minimum atomic E-state index is -1.29. The Morgan fingerprint density at radius 1 is 1.60 bits per heavy atom. The molecule has 0 saturated heterocycles. The molecule has 0 heterocycles. The van der Waals surface area contributed by atoms with Gasteiger partial charge in [-0.15, -0.1) is 0 Å². The second kappa shape index (κ2) is 6.55. The van der Waals surface area contributed by atoms with Gasteiger partial charge >= 0.3 is 11.9 Å². The van der Waals surface area contributed by atoms with Crippen molar-refractivity contribution < 1.29 is 38.2 Å². The van der Waals surface area contributed by atoms with E-state index in [9.17, 15) is 14.0 Å². The standard InChI is InChI=1S/C5H5FO3.Zn/c1-2-4(7)9-5(8)3-6;/h2H,1,3H2;. The average Bonchev–Trinajstić information content (AvgIpc) is 1.87. The maximum atomic E-state index is 11.2. The molecule has 0 aliphatic heterocycles. The Kier molecular flexibility index (Phi) is 7.96. The molecule has 0 aromatic carbocycles. The van der Waals surface area contributed by atoms with Crippen LogP contribution in [0.4, 0.5) is 4.39 Å². The summed E-state index contributed by atoms with van der Waals surface area (Å²) in [5, 5.41) is 0. The monoisotopic (exact) mass is 196 g/mol. The van der Waals surface area contributed by atoms with Crippen molar-refractivity contribution in [3.05, 3.63) is 12.7 Å². The van der Waals surface area contributed by atoms with Gasteiger partial charge in [0, 0.05) is 25.6 Å². The Morgan fingerprint density at radius 2 is 2.10 bits per heavy atom. The number of alkyl halides is 1. The predicted molar refractivity (Wildman–Crippen MR) is 27.3 cm³/mol. The molecule has 3 nitrogen and oxygen atoms in total. The molecule has 0 aliphatic rings. The number of hydrogen-bond donors (Lipinski definition) is 0. The molecular weight excluding hydrogens is 192 g/mol. The van der Waals surface area contributed by atoms with Crippen molar-refractivity contribution in [3.8, 4) is 0 Å². The van der Waals surface area contributed by atoms with Crippen molar-refractivity contribution in [1.29, 1.82) is 0 Å². The molecule has 10 heavy (non-hydrogen) atoms. The van der Waals surface area contributed by atoms with Gasteiger partial charge in [-0.2, -0.15) is 0 Å². The van der Waals surface area contributed by atoms with Crippen LogP contribution in [0.1, 0.15) is 0 Å². The van der Waals surface area contributed by atoms with E-state index in [1.54, 1.807) is 0 Å². The molecule has 0 spiro atoms. The normalized spacial score (nSPS) is 7.30. The fourth-order valence-electron chi connectivity index (χ4n) is 0.181. The summed E-state index contributed by atoms with van der Waals surface area (Å²) in [4.78, 5) is 20.0. The van der Waals surface area contributed by atoms with Gasteiger partial charge in [-0.1, -0.05) is 6.58 Å². The van der Waals surface area contributed by atoms with Crippen molar-refractivity contribution in [2.45, 2.75) is 0 Å². The van der Waals surface area contributed by atoms with E-state index in [0.29, 0.717) is 0 Å². The van der Waals surface area contributed by atoms with Crippen molar-refractivity contribution in [1.82, 2.24) is 0 Å². The minimum Gasteiger partial charge on any atom is -0.388 e. The second-order valence-electron chi connectivity index (χ2n) is 1.13. The van der Waals surface area contributed by atoms with E-state index >= 15 is 0 Å². The Balaban J connectivity index is 0. The zero-order valence-corrected chi connectivity index (χ0v) is 8.27. The van der Waals surface area contributed by atoms with E-state index in [0.717, 1.165) is 6.08 Å². The molecule has 0 aromatic rings. The van der Waals surface area contributed by atoms with Crippen LogP contribution >= 0.6 is 0 Å². The average molecular weight is 197 g/mol. The summed E-state index contributed by atoms with van der Waals surface area (Å²) >= 11 is 0. The molecule has 0 bridgehead atoms. The van der Waals surface area contributed by atoms with Crippen LogP contribution in [0.2, 0.25) is 0 Å². The molecule has 0 radical (unpaired) electrons. The third-order valence-corrected chi connectivity index (χ3v) is 0.490. The van der Waals surface area contributed by atoms with Gasteiger partial charge in [-0.25, -0.2) is 14.0 Å². The van der Waals surface area contributed by atoms with Gasteiger partial charge in [0.2, 0.25) is 0 Å². The van der Waals surface area contributed by atoms with Crippen molar-refractivity contribution in [3.63, 3.8) is 0 Å². The van der Waals surface area contributed by atoms with Gasteiger partial charge in [0.1, 0.15) is 0 Å². The van der Waals surface area contributed by atoms with Crippen molar-refractivity contribution in [2.75, 3.05) is 6.67 Å². The van der Waals surface area contributed by atoms with E-state index in [1.807, 2.05) is 0 Å². The largest absolute Gasteiger partial charge is 0.388 e. The van der Waals surface area contributed by atoms with Crippen LogP contribution in [0, 0.1) is 0 Å². The van der Waals surface area contributed by atoms with Gasteiger partial charge in [-0.05, 0) is 0 Å². The summed E-state index contributed by atoms with van der Waals surface area (Å²) in [6.45, 7) is 1.71. The van der Waals surface area contributed by atoms with E-state index in [1.165, 1.54) is 0 Å². The van der Waals surface area contributed by atoms with Gasteiger partial charge in [0.25, 0.3) is 0 Å². The summed E-state index contributed by atoms with van der Waals surface area (Å²) in [5.74, 6) is -2.13. The van der Waals surface area contributed by atoms with Crippen LogP contribution in [0.3, 0.4) is 0 Å². The molecule has 5 heteroatoms. The molecule has 0 aliphatic carbocycles. The number of halogens is 1. The number of ether oxygens (including phenoxy) is 1. The van der Waals surface area contributed by atoms with Crippen LogP contribution in [0.15, 0.2) is 12.7 Å². The first-order chi connectivity index (χ1) is 4.20. The molecule has 0 unspecified atom stereocenters. The first kappa shape index (κ1) is 12.1. The van der Waals surface area contributed by atoms with Gasteiger partial charge in [0.05, 0.1) is 0 Å². The molecule has 0 rings (SSSR count). The summed E-state index contributed by atoms with van der Waals surface area (Å²) in [6, 6.07) is 0. The summed E-state index contributed by atoms with van der Waals surface area (Å²) in [7, 11) is 0.